The predicted molar refractivity (Wildman–Crippen MR) is 89.6 cm³/mol. The fourth-order valence-corrected chi connectivity index (χ4v) is 3.00. The summed E-state index contributed by atoms with van der Waals surface area (Å²) in [7, 11) is 1.80. The molecule has 2 aromatic heterocycles. The summed E-state index contributed by atoms with van der Waals surface area (Å²) in [5.41, 5.74) is 0.502. The van der Waals surface area contributed by atoms with Crippen LogP contribution in [-0.4, -0.2) is 51.0 Å². The molecule has 7 heteroatoms. The van der Waals surface area contributed by atoms with E-state index in [4.69, 9.17) is 0 Å². The zero-order valence-electron chi connectivity index (χ0n) is 13.7. The number of hydrogen-bond acceptors (Lipinski definition) is 5. The maximum Gasteiger partial charge on any atom is 0.239 e. The molecule has 0 bridgehead atoms. The normalized spacial score (nSPS) is 18.3. The van der Waals surface area contributed by atoms with Crippen molar-refractivity contribution in [2.24, 2.45) is 13.0 Å². The standard InChI is InChI=1S/C17H21N5O2/c1-21-10-7-15(20-21)19-16(23)12-22-9-4-5-13(11-22)17(24)14-6-2-3-8-18-14/h2-3,6-8,10,13H,4-5,9,11-12H2,1H3,(H,19,20,23). The molecule has 2 aromatic rings. The highest BCUT2D eigenvalue weighted by molar-refractivity contribution is 5.96. The van der Waals surface area contributed by atoms with Crippen LogP contribution in [0.25, 0.3) is 0 Å². The molecule has 24 heavy (non-hydrogen) atoms. The molecule has 1 amide bonds. The molecule has 1 fully saturated rings. The average Bonchev–Trinajstić information content (AvgIpc) is 3.00. The summed E-state index contributed by atoms with van der Waals surface area (Å²) in [5, 5.41) is 6.91. The number of carbonyl (C=O) groups is 2. The Labute approximate surface area is 140 Å². The number of pyridine rings is 1. The lowest BCUT2D eigenvalue weighted by Crippen LogP contribution is -2.42. The van der Waals surface area contributed by atoms with Crippen LogP contribution in [0.3, 0.4) is 0 Å². The van der Waals surface area contributed by atoms with E-state index in [9.17, 15) is 9.59 Å². The number of aromatic nitrogens is 3. The highest BCUT2D eigenvalue weighted by Crippen LogP contribution is 2.20. The molecule has 1 saturated heterocycles. The number of anilines is 1. The minimum Gasteiger partial charge on any atom is -0.308 e. The highest BCUT2D eigenvalue weighted by Gasteiger charge is 2.28. The molecular weight excluding hydrogens is 306 g/mol. The van der Waals surface area contributed by atoms with Crippen molar-refractivity contribution in [2.45, 2.75) is 12.8 Å². The molecule has 1 unspecified atom stereocenters. The van der Waals surface area contributed by atoms with Crippen LogP contribution in [0.2, 0.25) is 0 Å². The lowest BCUT2D eigenvalue weighted by Gasteiger charge is -2.31. The zero-order chi connectivity index (χ0) is 16.9. The minimum atomic E-state index is -0.111. The Bertz CT molecular complexity index is 713. The fraction of sp³-hybridized carbons (Fsp3) is 0.412. The first-order chi connectivity index (χ1) is 11.6. The smallest absolute Gasteiger partial charge is 0.239 e. The van der Waals surface area contributed by atoms with Gasteiger partial charge in [0, 0.05) is 38.0 Å². The van der Waals surface area contributed by atoms with Crippen LogP contribution in [-0.2, 0) is 11.8 Å². The van der Waals surface area contributed by atoms with Crippen molar-refractivity contribution in [1.29, 1.82) is 0 Å². The van der Waals surface area contributed by atoms with Gasteiger partial charge in [0.05, 0.1) is 6.54 Å². The first-order valence-corrected chi connectivity index (χ1v) is 8.09. The maximum absolute atomic E-state index is 12.5. The molecule has 0 aliphatic carbocycles. The molecule has 7 nitrogen and oxygen atoms in total. The van der Waals surface area contributed by atoms with E-state index in [1.54, 1.807) is 42.3 Å². The number of aryl methyl sites for hydroxylation is 1. The third-order valence-corrected chi connectivity index (χ3v) is 4.14. The van der Waals surface area contributed by atoms with Gasteiger partial charge in [-0.2, -0.15) is 5.10 Å². The van der Waals surface area contributed by atoms with Gasteiger partial charge < -0.3 is 5.32 Å². The topological polar surface area (TPSA) is 80.1 Å². The lowest BCUT2D eigenvalue weighted by atomic mass is 9.92. The van der Waals surface area contributed by atoms with E-state index in [0.717, 1.165) is 19.4 Å². The number of amides is 1. The first-order valence-electron chi connectivity index (χ1n) is 8.09. The van der Waals surface area contributed by atoms with Crippen LogP contribution in [0.15, 0.2) is 36.7 Å². The van der Waals surface area contributed by atoms with E-state index < -0.39 is 0 Å². The SMILES string of the molecule is Cn1ccc(NC(=O)CN2CCCC(C(=O)c3ccccn3)C2)n1. The van der Waals surface area contributed by atoms with Crippen molar-refractivity contribution in [3.8, 4) is 0 Å². The van der Waals surface area contributed by atoms with Gasteiger partial charge in [-0.15, -0.1) is 0 Å². The van der Waals surface area contributed by atoms with Crippen molar-refractivity contribution >= 4 is 17.5 Å². The summed E-state index contributed by atoms with van der Waals surface area (Å²) in [6, 6.07) is 7.11. The van der Waals surface area contributed by atoms with Gasteiger partial charge in [0.15, 0.2) is 11.6 Å². The van der Waals surface area contributed by atoms with Crippen LogP contribution in [0, 0.1) is 5.92 Å². The quantitative estimate of drug-likeness (QED) is 0.839. The van der Waals surface area contributed by atoms with Gasteiger partial charge in [0.2, 0.25) is 5.91 Å². The van der Waals surface area contributed by atoms with Crippen molar-refractivity contribution in [2.75, 3.05) is 25.0 Å². The number of nitrogens with zero attached hydrogens (tertiary/aromatic N) is 4. The van der Waals surface area contributed by atoms with Gasteiger partial charge in [-0.3, -0.25) is 24.2 Å². The molecule has 1 aliphatic heterocycles. The van der Waals surface area contributed by atoms with E-state index >= 15 is 0 Å². The number of ketones is 1. The van der Waals surface area contributed by atoms with E-state index in [2.05, 4.69) is 15.4 Å². The third kappa shape index (κ3) is 4.05. The number of likely N-dealkylation sites (tertiary alicyclic amines) is 1. The number of piperidine rings is 1. The number of carbonyl (C=O) groups excluding carboxylic acids is 2. The monoisotopic (exact) mass is 327 g/mol. The van der Waals surface area contributed by atoms with E-state index in [0.29, 0.717) is 18.1 Å². The molecule has 0 aromatic carbocycles. The molecule has 1 N–H and O–H groups in total. The second kappa shape index (κ2) is 7.35. The Morgan fingerprint density at radius 1 is 1.33 bits per heavy atom. The fourth-order valence-electron chi connectivity index (χ4n) is 3.00. The Morgan fingerprint density at radius 2 is 2.21 bits per heavy atom. The maximum atomic E-state index is 12.5. The van der Waals surface area contributed by atoms with E-state index in [-0.39, 0.29) is 24.2 Å². The van der Waals surface area contributed by atoms with Crippen LogP contribution < -0.4 is 5.32 Å². The second-order valence-electron chi connectivity index (χ2n) is 6.08. The molecule has 126 valence electrons. The van der Waals surface area contributed by atoms with Crippen molar-refractivity contribution in [3.63, 3.8) is 0 Å². The highest BCUT2D eigenvalue weighted by atomic mass is 16.2. The number of Topliss-reactive ketones (excluding diaryl/α,β-unsaturated/α-hetero) is 1. The van der Waals surface area contributed by atoms with E-state index in [1.165, 1.54) is 0 Å². The van der Waals surface area contributed by atoms with Crippen molar-refractivity contribution in [1.82, 2.24) is 19.7 Å². The summed E-state index contributed by atoms with van der Waals surface area (Å²) in [6.07, 6.45) is 5.15. The lowest BCUT2D eigenvalue weighted by molar-refractivity contribution is -0.117. The van der Waals surface area contributed by atoms with Gasteiger partial charge in [-0.05, 0) is 31.5 Å². The number of hydrogen-bond donors (Lipinski definition) is 1. The predicted octanol–water partition coefficient (Wildman–Crippen LogP) is 1.35. The molecule has 1 aliphatic rings. The number of rotatable bonds is 5. The Morgan fingerprint density at radius 3 is 2.92 bits per heavy atom. The summed E-state index contributed by atoms with van der Waals surface area (Å²) < 4.78 is 1.64. The van der Waals surface area contributed by atoms with Gasteiger partial charge in [-0.1, -0.05) is 6.07 Å². The zero-order valence-corrected chi connectivity index (χ0v) is 13.7. The van der Waals surface area contributed by atoms with E-state index in [1.807, 2.05) is 11.0 Å². The van der Waals surface area contributed by atoms with Gasteiger partial charge in [0.25, 0.3) is 0 Å². The van der Waals surface area contributed by atoms with Crippen LogP contribution in [0.4, 0.5) is 5.82 Å². The summed E-state index contributed by atoms with van der Waals surface area (Å²) >= 11 is 0. The van der Waals surface area contributed by atoms with Gasteiger partial charge >= 0.3 is 0 Å². The second-order valence-corrected chi connectivity index (χ2v) is 6.08. The van der Waals surface area contributed by atoms with Gasteiger partial charge in [0.1, 0.15) is 5.69 Å². The molecule has 3 heterocycles. The Balaban J connectivity index is 1.55. The Kier molecular flexibility index (Phi) is 5.00. The molecule has 0 spiro atoms. The molecule has 0 radical (unpaired) electrons. The first kappa shape index (κ1) is 16.3. The Hall–Kier alpha value is -2.54. The largest absolute Gasteiger partial charge is 0.308 e. The molecule has 3 rings (SSSR count). The third-order valence-electron chi connectivity index (χ3n) is 4.14. The summed E-state index contributed by atoms with van der Waals surface area (Å²) in [4.78, 5) is 30.8. The molecule has 1 atom stereocenters. The van der Waals surface area contributed by atoms with Gasteiger partial charge in [-0.25, -0.2) is 0 Å². The van der Waals surface area contributed by atoms with Crippen molar-refractivity contribution < 1.29 is 9.59 Å². The van der Waals surface area contributed by atoms with Crippen LogP contribution in [0.5, 0.6) is 0 Å². The number of nitrogens with one attached hydrogen (secondary N) is 1. The van der Waals surface area contributed by atoms with Crippen LogP contribution in [0.1, 0.15) is 23.3 Å². The summed E-state index contributed by atoms with van der Waals surface area (Å²) in [6.45, 7) is 1.68. The van der Waals surface area contributed by atoms with Crippen LogP contribution >= 0.6 is 0 Å². The minimum absolute atomic E-state index is 0.0606. The molecular formula is C17H21N5O2. The molecule has 0 saturated carbocycles. The summed E-state index contributed by atoms with van der Waals surface area (Å²) in [5.74, 6) is 0.391. The average molecular weight is 327 g/mol. The van der Waals surface area contributed by atoms with Crippen molar-refractivity contribution in [3.05, 3.63) is 42.4 Å².